The molecule has 0 N–H and O–H groups in total. The summed E-state index contributed by atoms with van der Waals surface area (Å²) in [5, 5.41) is 4.45. The Morgan fingerprint density at radius 3 is 2.74 bits per heavy atom. The second kappa shape index (κ2) is 9.81. The Morgan fingerprint density at radius 1 is 1.23 bits per heavy atom. The van der Waals surface area contributed by atoms with Gasteiger partial charge >= 0.3 is 0 Å². The lowest BCUT2D eigenvalue weighted by Crippen LogP contribution is -2.39. The fourth-order valence-electron chi connectivity index (χ4n) is 4.57. The Labute approximate surface area is 185 Å². The second-order valence-electron chi connectivity index (χ2n) is 9.49. The topological polar surface area (TPSA) is 63.5 Å². The summed E-state index contributed by atoms with van der Waals surface area (Å²) in [6.45, 7) is 11.7. The van der Waals surface area contributed by atoms with Crippen LogP contribution in [0.25, 0.3) is 0 Å². The van der Waals surface area contributed by atoms with E-state index in [0.717, 1.165) is 51.1 Å². The summed E-state index contributed by atoms with van der Waals surface area (Å²) in [5.41, 5.74) is 2.42. The van der Waals surface area contributed by atoms with Crippen molar-refractivity contribution in [2.24, 2.45) is 11.8 Å². The second-order valence-corrected chi connectivity index (χ2v) is 9.49. The molecule has 0 spiro atoms. The van der Waals surface area contributed by atoms with Crippen molar-refractivity contribution in [1.82, 2.24) is 24.6 Å². The van der Waals surface area contributed by atoms with Crippen molar-refractivity contribution in [3.63, 3.8) is 0 Å². The molecule has 2 aromatic rings. The Bertz CT molecular complexity index is 872. The highest BCUT2D eigenvalue weighted by atomic mass is 16.5. The molecule has 1 atom stereocenters. The minimum Gasteiger partial charge on any atom is -0.477 e. The van der Waals surface area contributed by atoms with E-state index in [0.29, 0.717) is 30.9 Å². The third kappa shape index (κ3) is 5.85. The predicted octanol–water partition coefficient (Wildman–Crippen LogP) is 3.31. The lowest BCUT2D eigenvalue weighted by Gasteiger charge is -2.33. The van der Waals surface area contributed by atoms with Crippen LogP contribution in [0.1, 0.15) is 50.3 Å². The van der Waals surface area contributed by atoms with Crippen LogP contribution in [0.15, 0.2) is 30.7 Å². The van der Waals surface area contributed by atoms with Gasteiger partial charge in [-0.2, -0.15) is 5.10 Å². The smallest absolute Gasteiger partial charge is 0.223 e. The highest BCUT2D eigenvalue weighted by Gasteiger charge is 2.32. The van der Waals surface area contributed by atoms with Crippen molar-refractivity contribution >= 4 is 5.91 Å². The van der Waals surface area contributed by atoms with Gasteiger partial charge in [-0.05, 0) is 64.3 Å². The van der Waals surface area contributed by atoms with Gasteiger partial charge in [-0.25, -0.2) is 4.98 Å². The van der Waals surface area contributed by atoms with Gasteiger partial charge in [0, 0.05) is 62.0 Å². The van der Waals surface area contributed by atoms with Gasteiger partial charge in [-0.1, -0.05) is 0 Å². The summed E-state index contributed by atoms with van der Waals surface area (Å²) in [6.07, 6.45) is 8.80. The molecule has 7 heteroatoms. The molecule has 0 aromatic carbocycles. The van der Waals surface area contributed by atoms with Crippen LogP contribution in [-0.2, 0) is 11.3 Å². The Balaban J connectivity index is 1.19. The first-order valence-corrected chi connectivity index (χ1v) is 11.5. The minimum atomic E-state index is 0.257. The zero-order valence-electron chi connectivity index (χ0n) is 19.0. The average molecular weight is 426 g/mol. The number of carbonyl (C=O) groups excluding carboxylic acids is 1. The zero-order valence-corrected chi connectivity index (χ0v) is 19.0. The Hall–Kier alpha value is -2.41. The fourth-order valence-corrected chi connectivity index (χ4v) is 4.57. The van der Waals surface area contributed by atoms with Gasteiger partial charge in [0.15, 0.2) is 0 Å². The molecule has 0 saturated carbocycles. The molecule has 2 aliphatic heterocycles. The Kier molecular flexibility index (Phi) is 6.90. The first-order chi connectivity index (χ1) is 15.0. The van der Waals surface area contributed by atoms with E-state index in [1.807, 2.05) is 29.9 Å². The quantitative estimate of drug-likeness (QED) is 0.649. The third-order valence-corrected chi connectivity index (χ3v) is 6.43. The molecule has 2 aliphatic rings. The fraction of sp³-hybridized carbons (Fsp3) is 0.625. The van der Waals surface area contributed by atoms with E-state index in [4.69, 9.17) is 4.74 Å². The highest BCUT2D eigenvalue weighted by Crippen LogP contribution is 2.25. The lowest BCUT2D eigenvalue weighted by molar-refractivity contribution is -0.128. The van der Waals surface area contributed by atoms with E-state index in [9.17, 15) is 4.79 Å². The van der Waals surface area contributed by atoms with Gasteiger partial charge in [0.25, 0.3) is 0 Å². The number of aryl methyl sites for hydroxylation is 1. The van der Waals surface area contributed by atoms with Crippen LogP contribution in [0.3, 0.4) is 0 Å². The van der Waals surface area contributed by atoms with Crippen LogP contribution in [0.5, 0.6) is 5.88 Å². The molecule has 1 amide bonds. The summed E-state index contributed by atoms with van der Waals surface area (Å²) in [4.78, 5) is 21.3. The van der Waals surface area contributed by atoms with Crippen LogP contribution < -0.4 is 4.74 Å². The average Bonchev–Trinajstić information content (AvgIpc) is 3.35. The molecular formula is C24H35N5O2. The molecule has 0 aliphatic carbocycles. The van der Waals surface area contributed by atoms with E-state index in [-0.39, 0.29) is 11.8 Å². The van der Waals surface area contributed by atoms with Crippen molar-refractivity contribution in [1.29, 1.82) is 0 Å². The van der Waals surface area contributed by atoms with Gasteiger partial charge in [0.1, 0.15) is 0 Å². The maximum absolute atomic E-state index is 12.5. The van der Waals surface area contributed by atoms with Crippen molar-refractivity contribution < 1.29 is 9.53 Å². The predicted molar refractivity (Wildman–Crippen MR) is 120 cm³/mol. The summed E-state index contributed by atoms with van der Waals surface area (Å²) in [6, 6.07) is 4.30. The number of amides is 1. The largest absolute Gasteiger partial charge is 0.477 e. The minimum absolute atomic E-state index is 0.257. The van der Waals surface area contributed by atoms with Crippen molar-refractivity contribution in [2.75, 3.05) is 32.8 Å². The molecule has 1 unspecified atom stereocenters. The summed E-state index contributed by atoms with van der Waals surface area (Å²) >= 11 is 0. The Morgan fingerprint density at radius 2 is 2.03 bits per heavy atom. The molecule has 31 heavy (non-hydrogen) atoms. The molecule has 0 bridgehead atoms. The standard InChI is InChI=1S/C24H35N5O2/c1-18(2)29-16-22(12-26-29)13-27-8-5-20(6-9-27)14-28-15-21(11-24(28)30)17-31-23-10-19(3)4-7-25-23/h4,7,10,12,16,18,20-21H,5-6,8-9,11,13-15,17H2,1-3H3. The molecule has 2 fully saturated rings. The molecule has 2 aromatic heterocycles. The number of pyridine rings is 1. The first kappa shape index (κ1) is 21.8. The van der Waals surface area contributed by atoms with Crippen LogP contribution in [0.4, 0.5) is 0 Å². The number of carbonyl (C=O) groups is 1. The molecule has 2 saturated heterocycles. The number of hydrogen-bond acceptors (Lipinski definition) is 5. The van der Waals surface area contributed by atoms with E-state index in [1.54, 1.807) is 6.20 Å². The van der Waals surface area contributed by atoms with Crippen molar-refractivity contribution in [2.45, 2.75) is 52.6 Å². The normalized spacial score (nSPS) is 20.7. The number of aromatic nitrogens is 3. The van der Waals surface area contributed by atoms with Gasteiger partial charge in [0.2, 0.25) is 11.8 Å². The van der Waals surface area contributed by atoms with E-state index >= 15 is 0 Å². The van der Waals surface area contributed by atoms with Crippen LogP contribution in [-0.4, -0.2) is 63.3 Å². The first-order valence-electron chi connectivity index (χ1n) is 11.5. The van der Waals surface area contributed by atoms with E-state index < -0.39 is 0 Å². The van der Waals surface area contributed by atoms with Gasteiger partial charge in [-0.3, -0.25) is 14.4 Å². The van der Waals surface area contributed by atoms with Gasteiger partial charge in [0.05, 0.1) is 12.8 Å². The SMILES string of the molecule is Cc1ccnc(OCC2CC(=O)N(CC3CCN(Cc4cnn(C(C)C)c4)CC3)C2)c1. The molecule has 4 rings (SSSR count). The molecule has 4 heterocycles. The van der Waals surface area contributed by atoms with Crippen molar-refractivity contribution in [3.05, 3.63) is 41.9 Å². The maximum Gasteiger partial charge on any atom is 0.223 e. The zero-order chi connectivity index (χ0) is 21.8. The highest BCUT2D eigenvalue weighted by molar-refractivity contribution is 5.78. The summed E-state index contributed by atoms with van der Waals surface area (Å²) < 4.78 is 7.86. The van der Waals surface area contributed by atoms with E-state index in [1.165, 1.54) is 5.56 Å². The van der Waals surface area contributed by atoms with Gasteiger partial charge < -0.3 is 9.64 Å². The van der Waals surface area contributed by atoms with Crippen LogP contribution >= 0.6 is 0 Å². The number of ether oxygens (including phenoxy) is 1. The number of rotatable bonds is 8. The maximum atomic E-state index is 12.5. The van der Waals surface area contributed by atoms with Gasteiger partial charge in [-0.15, -0.1) is 0 Å². The van der Waals surface area contributed by atoms with Crippen molar-refractivity contribution in [3.8, 4) is 5.88 Å². The molecule has 0 radical (unpaired) electrons. The molecular weight excluding hydrogens is 390 g/mol. The number of hydrogen-bond donors (Lipinski definition) is 0. The summed E-state index contributed by atoms with van der Waals surface area (Å²) in [5.74, 6) is 1.77. The molecule has 7 nitrogen and oxygen atoms in total. The monoisotopic (exact) mass is 425 g/mol. The van der Waals surface area contributed by atoms with E-state index in [2.05, 4.69) is 39.9 Å². The van der Waals surface area contributed by atoms with Crippen LogP contribution in [0.2, 0.25) is 0 Å². The lowest BCUT2D eigenvalue weighted by atomic mass is 9.96. The third-order valence-electron chi connectivity index (χ3n) is 6.43. The number of nitrogens with zero attached hydrogens (tertiary/aromatic N) is 5. The van der Waals surface area contributed by atoms with Crippen LogP contribution in [0, 0.1) is 18.8 Å². The number of piperidine rings is 1. The molecule has 168 valence electrons. The number of likely N-dealkylation sites (tertiary alicyclic amines) is 2. The summed E-state index contributed by atoms with van der Waals surface area (Å²) in [7, 11) is 0.